The number of pyridine rings is 1. The third kappa shape index (κ3) is 7.06. The standard InChI is InChI=1S/C23H31N3O3/c1-28-21-10-11-22(29-17-20-9-5-6-13-25-20)18(15-21)16-24-14-12-23(27)26-19-7-3-2-4-8-19/h5-6,9-11,13,15,19,24H,2-4,7-8,12,14,16-17H2,1H3,(H,26,27). The Labute approximate surface area is 173 Å². The first-order chi connectivity index (χ1) is 14.2. The predicted molar refractivity (Wildman–Crippen MR) is 113 cm³/mol. The Hall–Kier alpha value is -2.60. The largest absolute Gasteiger partial charge is 0.497 e. The molecule has 0 bridgehead atoms. The molecular formula is C23H31N3O3. The van der Waals surface area contributed by atoms with Gasteiger partial charge in [0.1, 0.15) is 18.1 Å². The van der Waals surface area contributed by atoms with Crippen molar-refractivity contribution in [3.63, 3.8) is 0 Å². The van der Waals surface area contributed by atoms with Crippen molar-refractivity contribution >= 4 is 5.91 Å². The maximum Gasteiger partial charge on any atom is 0.221 e. The van der Waals surface area contributed by atoms with Crippen molar-refractivity contribution in [2.24, 2.45) is 0 Å². The van der Waals surface area contributed by atoms with Gasteiger partial charge < -0.3 is 20.1 Å². The van der Waals surface area contributed by atoms with Gasteiger partial charge in [-0.1, -0.05) is 25.3 Å². The van der Waals surface area contributed by atoms with Crippen LogP contribution in [0.25, 0.3) is 0 Å². The number of hydrogen-bond acceptors (Lipinski definition) is 5. The molecule has 0 spiro atoms. The Morgan fingerprint density at radius 3 is 2.79 bits per heavy atom. The van der Waals surface area contributed by atoms with E-state index >= 15 is 0 Å². The molecule has 1 fully saturated rings. The number of methoxy groups -OCH3 is 1. The number of rotatable bonds is 10. The number of amides is 1. The number of hydrogen-bond donors (Lipinski definition) is 2. The highest BCUT2D eigenvalue weighted by Crippen LogP contribution is 2.25. The van der Waals surface area contributed by atoms with Crippen molar-refractivity contribution in [3.05, 3.63) is 53.9 Å². The predicted octanol–water partition coefficient (Wildman–Crippen LogP) is 3.60. The molecule has 1 heterocycles. The maximum atomic E-state index is 12.1. The summed E-state index contributed by atoms with van der Waals surface area (Å²) in [5, 5.41) is 6.50. The lowest BCUT2D eigenvalue weighted by Crippen LogP contribution is -2.37. The quantitative estimate of drug-likeness (QED) is 0.600. The first-order valence-corrected chi connectivity index (χ1v) is 10.4. The molecule has 1 aliphatic rings. The molecule has 1 saturated carbocycles. The van der Waals surface area contributed by atoms with Crippen molar-refractivity contribution in [2.45, 2.75) is 57.7 Å². The van der Waals surface area contributed by atoms with Crippen molar-refractivity contribution in [2.75, 3.05) is 13.7 Å². The number of nitrogens with zero attached hydrogens (tertiary/aromatic N) is 1. The number of ether oxygens (including phenoxy) is 2. The zero-order chi connectivity index (χ0) is 20.3. The minimum atomic E-state index is 0.127. The van der Waals surface area contributed by atoms with Crippen molar-refractivity contribution in [3.8, 4) is 11.5 Å². The molecule has 0 atom stereocenters. The molecular weight excluding hydrogens is 366 g/mol. The van der Waals surface area contributed by atoms with Gasteiger partial charge in [0.05, 0.1) is 12.8 Å². The molecule has 1 aromatic carbocycles. The van der Waals surface area contributed by atoms with Crippen molar-refractivity contribution < 1.29 is 14.3 Å². The highest BCUT2D eigenvalue weighted by Gasteiger charge is 2.15. The Morgan fingerprint density at radius 2 is 2.03 bits per heavy atom. The van der Waals surface area contributed by atoms with Crippen LogP contribution in [0.3, 0.4) is 0 Å². The van der Waals surface area contributed by atoms with Crippen molar-refractivity contribution in [1.82, 2.24) is 15.6 Å². The minimum absolute atomic E-state index is 0.127. The van der Waals surface area contributed by atoms with Gasteiger partial charge in [-0.15, -0.1) is 0 Å². The summed E-state index contributed by atoms with van der Waals surface area (Å²) in [7, 11) is 1.65. The lowest BCUT2D eigenvalue weighted by atomic mass is 9.95. The molecule has 6 nitrogen and oxygen atoms in total. The van der Waals surface area contributed by atoms with Gasteiger partial charge in [-0.2, -0.15) is 0 Å². The normalized spacial score (nSPS) is 14.4. The topological polar surface area (TPSA) is 72.5 Å². The Bertz CT molecular complexity index is 761. The molecule has 1 aliphatic carbocycles. The second-order valence-electron chi connectivity index (χ2n) is 7.41. The summed E-state index contributed by atoms with van der Waals surface area (Å²) >= 11 is 0. The van der Waals surface area contributed by atoms with Gasteiger partial charge in [0.2, 0.25) is 5.91 Å². The van der Waals surface area contributed by atoms with Crippen molar-refractivity contribution in [1.29, 1.82) is 0 Å². The van der Waals surface area contributed by atoms with E-state index in [1.165, 1.54) is 19.3 Å². The second kappa shape index (κ2) is 11.4. The van der Waals surface area contributed by atoms with E-state index in [1.54, 1.807) is 13.3 Å². The molecule has 1 amide bonds. The second-order valence-corrected chi connectivity index (χ2v) is 7.41. The van der Waals surface area contributed by atoms with Gasteiger partial charge in [0, 0.05) is 37.3 Å². The summed E-state index contributed by atoms with van der Waals surface area (Å²) < 4.78 is 11.3. The summed E-state index contributed by atoms with van der Waals surface area (Å²) in [6, 6.07) is 11.9. The van der Waals surface area contributed by atoms with Crippen LogP contribution in [0.4, 0.5) is 0 Å². The molecule has 0 radical (unpaired) electrons. The summed E-state index contributed by atoms with van der Waals surface area (Å²) in [6.45, 7) is 1.63. The van der Waals surface area contributed by atoms with E-state index in [9.17, 15) is 4.79 Å². The molecule has 156 valence electrons. The van der Waals surface area contributed by atoms with Gasteiger partial charge >= 0.3 is 0 Å². The van der Waals surface area contributed by atoms with E-state index in [0.717, 1.165) is 35.6 Å². The van der Waals surface area contributed by atoms with Gasteiger partial charge in [-0.05, 0) is 43.2 Å². The van der Waals surface area contributed by atoms with Crippen LogP contribution in [0.1, 0.15) is 49.8 Å². The molecule has 6 heteroatoms. The molecule has 2 aromatic rings. The first-order valence-electron chi connectivity index (χ1n) is 10.4. The van der Waals surface area contributed by atoms with Crippen LogP contribution in [0, 0.1) is 0 Å². The number of benzene rings is 1. The molecule has 2 N–H and O–H groups in total. The average molecular weight is 398 g/mol. The Kier molecular flexibility index (Phi) is 8.31. The lowest BCUT2D eigenvalue weighted by molar-refractivity contribution is -0.121. The van der Waals surface area contributed by atoms with Crippen LogP contribution >= 0.6 is 0 Å². The lowest BCUT2D eigenvalue weighted by Gasteiger charge is -2.22. The number of carbonyl (C=O) groups is 1. The fourth-order valence-corrected chi connectivity index (χ4v) is 3.57. The van der Waals surface area contributed by atoms with Crippen LogP contribution in [0.5, 0.6) is 11.5 Å². The smallest absolute Gasteiger partial charge is 0.221 e. The third-order valence-electron chi connectivity index (χ3n) is 5.18. The zero-order valence-corrected chi connectivity index (χ0v) is 17.2. The van der Waals surface area contributed by atoms with Gasteiger partial charge in [-0.3, -0.25) is 9.78 Å². The van der Waals surface area contributed by atoms with E-state index in [-0.39, 0.29) is 5.91 Å². The molecule has 0 aliphatic heterocycles. The minimum Gasteiger partial charge on any atom is -0.497 e. The monoisotopic (exact) mass is 397 g/mol. The summed E-state index contributed by atoms with van der Waals surface area (Å²) in [5.74, 6) is 1.69. The van der Waals surface area contributed by atoms with E-state index in [0.29, 0.717) is 32.2 Å². The van der Waals surface area contributed by atoms with E-state index < -0.39 is 0 Å². The fourth-order valence-electron chi connectivity index (χ4n) is 3.57. The van der Waals surface area contributed by atoms with Gasteiger partial charge in [0.15, 0.2) is 0 Å². The molecule has 3 rings (SSSR count). The number of nitrogens with one attached hydrogen (secondary N) is 2. The first kappa shape index (κ1) is 21.1. The van der Waals surface area contributed by atoms with Crippen LogP contribution in [-0.4, -0.2) is 30.6 Å². The van der Waals surface area contributed by atoms with Crippen LogP contribution in [0.2, 0.25) is 0 Å². The van der Waals surface area contributed by atoms with Crippen LogP contribution < -0.4 is 20.1 Å². The molecule has 29 heavy (non-hydrogen) atoms. The van der Waals surface area contributed by atoms with Gasteiger partial charge in [0.25, 0.3) is 0 Å². The van der Waals surface area contributed by atoms with Gasteiger partial charge in [-0.25, -0.2) is 0 Å². The summed E-state index contributed by atoms with van der Waals surface area (Å²) in [4.78, 5) is 16.4. The average Bonchev–Trinajstić information content (AvgIpc) is 2.77. The van der Waals surface area contributed by atoms with E-state index in [2.05, 4.69) is 15.6 Å². The maximum absolute atomic E-state index is 12.1. The SMILES string of the molecule is COc1ccc(OCc2ccccn2)c(CNCCC(=O)NC2CCCCC2)c1. The summed E-state index contributed by atoms with van der Waals surface area (Å²) in [6.07, 6.45) is 8.19. The van der Waals surface area contributed by atoms with Crippen LogP contribution in [0.15, 0.2) is 42.6 Å². The highest BCUT2D eigenvalue weighted by molar-refractivity contribution is 5.76. The molecule has 0 unspecified atom stereocenters. The third-order valence-corrected chi connectivity index (χ3v) is 5.18. The highest BCUT2D eigenvalue weighted by atomic mass is 16.5. The zero-order valence-electron chi connectivity index (χ0n) is 17.2. The molecule has 1 aromatic heterocycles. The number of carbonyl (C=O) groups excluding carboxylic acids is 1. The number of aromatic nitrogens is 1. The fraction of sp³-hybridized carbons (Fsp3) is 0.478. The summed E-state index contributed by atoms with van der Waals surface area (Å²) in [5.41, 5.74) is 1.87. The van der Waals surface area contributed by atoms with Crippen LogP contribution in [-0.2, 0) is 17.9 Å². The Balaban J connectivity index is 1.47. The van der Waals surface area contributed by atoms with E-state index in [4.69, 9.17) is 9.47 Å². The molecule has 0 saturated heterocycles. The van der Waals surface area contributed by atoms with E-state index in [1.807, 2.05) is 36.4 Å². The Morgan fingerprint density at radius 1 is 1.17 bits per heavy atom.